The molecule has 0 radical (unpaired) electrons. The van der Waals surface area contributed by atoms with Crippen LogP contribution in [0, 0.1) is 0 Å². The number of nitrogens with one attached hydrogen (secondary N) is 1. The van der Waals surface area contributed by atoms with Gasteiger partial charge in [0.25, 0.3) is 5.56 Å². The van der Waals surface area contributed by atoms with Crippen LogP contribution in [0.3, 0.4) is 0 Å². The first-order valence-corrected chi connectivity index (χ1v) is 11.8. The Morgan fingerprint density at radius 2 is 1.77 bits per heavy atom. The van der Waals surface area contributed by atoms with Crippen LogP contribution < -0.4 is 16.2 Å². The Bertz CT molecular complexity index is 1480. The fourth-order valence-corrected chi connectivity index (χ4v) is 4.63. The van der Waals surface area contributed by atoms with Crippen LogP contribution in [-0.2, 0) is 4.74 Å². The first-order chi connectivity index (χ1) is 16.6. The van der Waals surface area contributed by atoms with Crippen LogP contribution in [0.1, 0.15) is 20.8 Å². The number of amides is 1. The molecule has 3 heterocycles. The molecule has 2 aromatic carbocycles. The Morgan fingerprint density at radius 3 is 2.43 bits per heavy atom. The highest BCUT2D eigenvalue weighted by Crippen LogP contribution is 2.32. The van der Waals surface area contributed by atoms with E-state index in [9.17, 15) is 9.59 Å². The maximum Gasteiger partial charge on any atom is 0.410 e. The van der Waals surface area contributed by atoms with Crippen LogP contribution in [0.25, 0.3) is 27.7 Å². The monoisotopic (exact) mass is 494 g/mol. The highest BCUT2D eigenvalue weighted by Gasteiger charge is 2.26. The zero-order valence-electron chi connectivity index (χ0n) is 19.8. The minimum atomic E-state index is -0.507. The number of piperazine rings is 1. The molecule has 1 amide bonds. The minimum absolute atomic E-state index is 0.253. The number of rotatable bonds is 2. The first-order valence-electron chi connectivity index (χ1n) is 11.4. The van der Waals surface area contributed by atoms with Crippen LogP contribution in [0.15, 0.2) is 47.3 Å². The summed E-state index contributed by atoms with van der Waals surface area (Å²) < 4.78 is 6.75. The topological polar surface area (TPSA) is 109 Å². The number of ether oxygens (including phenoxy) is 1. The van der Waals surface area contributed by atoms with Gasteiger partial charge in [0.1, 0.15) is 11.2 Å². The molecule has 0 unspecified atom stereocenters. The van der Waals surface area contributed by atoms with Crippen LogP contribution in [0.5, 0.6) is 0 Å². The molecule has 5 rings (SSSR count). The molecule has 0 bridgehead atoms. The second kappa shape index (κ2) is 8.49. The van der Waals surface area contributed by atoms with E-state index in [4.69, 9.17) is 22.1 Å². The van der Waals surface area contributed by atoms with E-state index in [1.54, 1.807) is 23.1 Å². The number of benzene rings is 2. The van der Waals surface area contributed by atoms with Crippen molar-refractivity contribution < 1.29 is 9.53 Å². The van der Waals surface area contributed by atoms with Crippen LogP contribution in [0.2, 0.25) is 5.02 Å². The van der Waals surface area contributed by atoms with Crippen molar-refractivity contribution >= 4 is 45.7 Å². The summed E-state index contributed by atoms with van der Waals surface area (Å²) >= 11 is 6.25. The van der Waals surface area contributed by atoms with E-state index in [0.29, 0.717) is 53.3 Å². The summed E-state index contributed by atoms with van der Waals surface area (Å²) in [6.45, 7) is 8.20. The molecule has 9 nitrogen and oxygen atoms in total. The van der Waals surface area contributed by atoms with Gasteiger partial charge in [0.05, 0.1) is 21.5 Å². The number of carbonyl (C=O) groups is 1. The van der Waals surface area contributed by atoms with Gasteiger partial charge in [-0.2, -0.15) is 4.52 Å². The number of H-pyrrole nitrogens is 1. The Morgan fingerprint density at radius 1 is 1.09 bits per heavy atom. The molecule has 2 aromatic heterocycles. The number of halogens is 1. The summed E-state index contributed by atoms with van der Waals surface area (Å²) in [7, 11) is 0. The second-order valence-corrected chi connectivity index (χ2v) is 10.0. The molecule has 182 valence electrons. The van der Waals surface area contributed by atoms with E-state index >= 15 is 0 Å². The van der Waals surface area contributed by atoms with Crippen molar-refractivity contribution in [2.45, 2.75) is 26.4 Å². The third-order valence-electron chi connectivity index (χ3n) is 6.04. The average molecular weight is 495 g/mol. The number of carbonyl (C=O) groups excluding carboxylic acids is 1. The summed E-state index contributed by atoms with van der Waals surface area (Å²) in [5.74, 6) is 0.253. The molecule has 10 heteroatoms. The SMILES string of the molecule is CC(C)(C)OC(=O)N1CCN(c2ccc(-c3c(N)nn4c(=O)c5c(Cl)cccc5[nH]c34)cc2)CC1. The van der Waals surface area contributed by atoms with Crippen LogP contribution in [0.4, 0.5) is 16.3 Å². The predicted molar refractivity (Wildman–Crippen MR) is 138 cm³/mol. The van der Waals surface area contributed by atoms with Gasteiger partial charge in [-0.3, -0.25) is 4.79 Å². The molecule has 1 aliphatic heterocycles. The Kier molecular flexibility index (Phi) is 5.59. The lowest BCUT2D eigenvalue weighted by atomic mass is 10.1. The third kappa shape index (κ3) is 4.27. The minimum Gasteiger partial charge on any atom is -0.444 e. The number of anilines is 2. The van der Waals surface area contributed by atoms with E-state index in [1.807, 2.05) is 45.0 Å². The molecular formula is C25H27ClN6O3. The van der Waals surface area contributed by atoms with Crippen molar-refractivity contribution in [1.82, 2.24) is 19.5 Å². The fourth-order valence-electron chi connectivity index (χ4n) is 4.37. The zero-order valence-corrected chi connectivity index (χ0v) is 20.6. The van der Waals surface area contributed by atoms with Gasteiger partial charge in [-0.15, -0.1) is 5.10 Å². The molecule has 0 spiro atoms. The Balaban J connectivity index is 1.39. The molecule has 1 saturated heterocycles. The molecule has 0 aliphatic carbocycles. The fraction of sp³-hybridized carbons (Fsp3) is 0.320. The van der Waals surface area contributed by atoms with Crippen molar-refractivity contribution in [1.29, 1.82) is 0 Å². The number of hydrogen-bond acceptors (Lipinski definition) is 6. The number of nitrogen functional groups attached to an aromatic ring is 1. The second-order valence-electron chi connectivity index (χ2n) is 9.61. The lowest BCUT2D eigenvalue weighted by Crippen LogP contribution is -2.50. The van der Waals surface area contributed by atoms with E-state index in [0.717, 1.165) is 11.3 Å². The normalized spacial score (nSPS) is 14.6. The first kappa shape index (κ1) is 23.0. The Labute approximate surface area is 207 Å². The highest BCUT2D eigenvalue weighted by atomic mass is 35.5. The third-order valence-corrected chi connectivity index (χ3v) is 6.35. The van der Waals surface area contributed by atoms with Gasteiger partial charge < -0.3 is 25.3 Å². The highest BCUT2D eigenvalue weighted by molar-refractivity contribution is 6.35. The quantitative estimate of drug-likeness (QED) is 0.433. The lowest BCUT2D eigenvalue weighted by molar-refractivity contribution is 0.0240. The molecule has 35 heavy (non-hydrogen) atoms. The summed E-state index contributed by atoms with van der Waals surface area (Å²) in [6.07, 6.45) is -0.279. The van der Waals surface area contributed by atoms with Crippen LogP contribution >= 0.6 is 11.6 Å². The molecular weight excluding hydrogens is 468 g/mol. The van der Waals surface area contributed by atoms with Gasteiger partial charge >= 0.3 is 6.09 Å². The van der Waals surface area contributed by atoms with Crippen molar-refractivity contribution in [3.63, 3.8) is 0 Å². The van der Waals surface area contributed by atoms with Crippen molar-refractivity contribution in [3.05, 3.63) is 57.8 Å². The predicted octanol–water partition coefficient (Wildman–Crippen LogP) is 4.14. The van der Waals surface area contributed by atoms with Gasteiger partial charge in [0.2, 0.25) is 0 Å². The van der Waals surface area contributed by atoms with Gasteiger partial charge in [-0.25, -0.2) is 4.79 Å². The van der Waals surface area contributed by atoms with Gasteiger partial charge in [-0.1, -0.05) is 29.8 Å². The molecule has 4 aromatic rings. The van der Waals surface area contributed by atoms with E-state index < -0.39 is 5.60 Å². The number of fused-ring (bicyclic) bond motifs is 2. The molecule has 1 aliphatic rings. The molecule has 0 atom stereocenters. The van der Waals surface area contributed by atoms with E-state index in [2.05, 4.69) is 15.0 Å². The smallest absolute Gasteiger partial charge is 0.410 e. The largest absolute Gasteiger partial charge is 0.444 e. The van der Waals surface area contributed by atoms with Gasteiger partial charge in [0.15, 0.2) is 5.82 Å². The van der Waals surface area contributed by atoms with Gasteiger partial charge in [-0.05, 0) is 50.6 Å². The van der Waals surface area contributed by atoms with Crippen molar-refractivity contribution in [2.24, 2.45) is 0 Å². The molecule has 0 saturated carbocycles. The van der Waals surface area contributed by atoms with Crippen molar-refractivity contribution in [3.8, 4) is 11.1 Å². The van der Waals surface area contributed by atoms with Gasteiger partial charge in [0, 0.05) is 31.9 Å². The summed E-state index contributed by atoms with van der Waals surface area (Å²) in [4.78, 5) is 32.6. The lowest BCUT2D eigenvalue weighted by Gasteiger charge is -2.36. The Hall–Kier alpha value is -3.72. The zero-order chi connectivity index (χ0) is 24.9. The summed E-state index contributed by atoms with van der Waals surface area (Å²) in [5, 5.41) is 5.01. The summed E-state index contributed by atoms with van der Waals surface area (Å²) in [5.41, 5.74) is 9.08. The number of nitrogens with zero attached hydrogens (tertiary/aromatic N) is 4. The van der Waals surface area contributed by atoms with E-state index in [-0.39, 0.29) is 17.5 Å². The number of nitrogens with two attached hydrogens (primary N) is 1. The number of aromatic nitrogens is 3. The number of aromatic amines is 1. The maximum atomic E-state index is 13.0. The summed E-state index contributed by atoms with van der Waals surface area (Å²) in [6, 6.07) is 13.2. The average Bonchev–Trinajstić information content (AvgIpc) is 3.14. The molecule has 3 N–H and O–H groups in total. The number of hydrogen-bond donors (Lipinski definition) is 2. The van der Waals surface area contributed by atoms with Crippen LogP contribution in [-0.4, -0.2) is 57.4 Å². The standard InChI is InChI=1S/C25H27ClN6O3/c1-25(2,3)35-24(34)31-13-11-30(12-14-31)16-9-7-15(8-10-16)19-21(27)29-32-22(19)28-18-6-4-5-17(26)20(18)23(32)33/h4-10,28H,11-14H2,1-3H3,(H2,27,29). The molecule has 1 fully saturated rings. The van der Waals surface area contributed by atoms with Crippen molar-refractivity contribution in [2.75, 3.05) is 36.8 Å². The van der Waals surface area contributed by atoms with E-state index in [1.165, 1.54) is 4.52 Å². The maximum absolute atomic E-state index is 13.0.